The number of ether oxygens (including phenoxy) is 1. The minimum absolute atomic E-state index is 0.0236. The molecule has 0 aliphatic heterocycles. The summed E-state index contributed by atoms with van der Waals surface area (Å²) in [6.45, 7) is 10.9. The molecule has 0 heterocycles. The third kappa shape index (κ3) is 2.34. The highest BCUT2D eigenvalue weighted by atomic mass is 16.5. The van der Waals surface area contributed by atoms with E-state index in [1.54, 1.807) is 0 Å². The number of hydrogen-bond donors (Lipinski definition) is 0. The highest BCUT2D eigenvalue weighted by Gasteiger charge is 2.58. The Balaban J connectivity index is 2.21. The van der Waals surface area contributed by atoms with E-state index in [2.05, 4.69) is 33.8 Å². The molecular weight excluding hydrogens is 236 g/mol. The summed E-state index contributed by atoms with van der Waals surface area (Å²) in [4.78, 5) is 11.2. The Labute approximate surface area is 117 Å². The van der Waals surface area contributed by atoms with Gasteiger partial charge in [-0.2, -0.15) is 0 Å². The van der Waals surface area contributed by atoms with Gasteiger partial charge in [0, 0.05) is 6.92 Å². The summed E-state index contributed by atoms with van der Waals surface area (Å²) in [6, 6.07) is 0. The van der Waals surface area contributed by atoms with Crippen molar-refractivity contribution in [2.24, 2.45) is 16.7 Å². The highest BCUT2D eigenvalue weighted by molar-refractivity contribution is 5.66. The predicted octanol–water partition coefficient (Wildman–Crippen LogP) is 4.49. The minimum atomic E-state index is -0.164. The topological polar surface area (TPSA) is 26.3 Å². The largest absolute Gasteiger partial charge is 0.458 e. The SMILES string of the molecule is CCC[C@H](/C=C1\C[C@H]2CC[C@]1(C)C2(C)C)OC(C)=O. The van der Waals surface area contributed by atoms with Gasteiger partial charge in [0.2, 0.25) is 0 Å². The third-order valence-electron chi connectivity index (χ3n) is 5.89. The molecule has 108 valence electrons. The van der Waals surface area contributed by atoms with Gasteiger partial charge in [0.05, 0.1) is 0 Å². The molecule has 0 radical (unpaired) electrons. The molecule has 2 aliphatic carbocycles. The Morgan fingerprint density at radius 1 is 1.47 bits per heavy atom. The molecule has 0 unspecified atom stereocenters. The van der Waals surface area contributed by atoms with E-state index in [1.165, 1.54) is 31.8 Å². The molecular formula is C17H28O2. The van der Waals surface area contributed by atoms with Crippen LogP contribution in [0.5, 0.6) is 0 Å². The summed E-state index contributed by atoms with van der Waals surface area (Å²) >= 11 is 0. The predicted molar refractivity (Wildman–Crippen MR) is 77.8 cm³/mol. The summed E-state index contributed by atoms with van der Waals surface area (Å²) in [7, 11) is 0. The van der Waals surface area contributed by atoms with Gasteiger partial charge in [-0.05, 0) is 48.5 Å². The number of fused-ring (bicyclic) bond motifs is 2. The number of allylic oxidation sites excluding steroid dienone is 1. The van der Waals surface area contributed by atoms with E-state index in [0.29, 0.717) is 10.8 Å². The summed E-state index contributed by atoms with van der Waals surface area (Å²) in [5.74, 6) is 0.645. The fourth-order valence-corrected chi connectivity index (χ4v) is 4.17. The van der Waals surface area contributed by atoms with Gasteiger partial charge in [0.15, 0.2) is 0 Å². The molecule has 2 saturated carbocycles. The Kier molecular flexibility index (Phi) is 3.81. The van der Waals surface area contributed by atoms with Crippen LogP contribution in [0.1, 0.15) is 66.7 Å². The summed E-state index contributed by atoms with van der Waals surface area (Å²) in [5, 5.41) is 0. The van der Waals surface area contributed by atoms with Crippen molar-refractivity contribution in [1.29, 1.82) is 0 Å². The monoisotopic (exact) mass is 264 g/mol. The van der Waals surface area contributed by atoms with Crippen LogP contribution >= 0.6 is 0 Å². The number of esters is 1. The average Bonchev–Trinajstić information content (AvgIpc) is 2.61. The number of carbonyl (C=O) groups excluding carboxylic acids is 1. The van der Waals surface area contributed by atoms with Crippen LogP contribution in [-0.4, -0.2) is 12.1 Å². The first-order chi connectivity index (χ1) is 8.81. The number of carbonyl (C=O) groups is 1. The lowest BCUT2D eigenvalue weighted by Gasteiger charge is -2.36. The molecule has 0 spiro atoms. The van der Waals surface area contributed by atoms with Crippen LogP contribution in [0.4, 0.5) is 0 Å². The zero-order valence-corrected chi connectivity index (χ0v) is 13.1. The third-order valence-corrected chi connectivity index (χ3v) is 5.89. The highest BCUT2D eigenvalue weighted by Crippen LogP contribution is 2.67. The molecule has 2 fully saturated rings. The van der Waals surface area contributed by atoms with Crippen molar-refractivity contribution < 1.29 is 9.53 Å². The first-order valence-electron chi connectivity index (χ1n) is 7.69. The van der Waals surface area contributed by atoms with Gasteiger partial charge in [-0.1, -0.05) is 39.7 Å². The summed E-state index contributed by atoms with van der Waals surface area (Å²) in [5.41, 5.74) is 2.24. The van der Waals surface area contributed by atoms with Gasteiger partial charge >= 0.3 is 5.97 Å². The van der Waals surface area contributed by atoms with Crippen LogP contribution in [0.25, 0.3) is 0 Å². The second-order valence-electron chi connectivity index (χ2n) is 7.12. The van der Waals surface area contributed by atoms with Crippen molar-refractivity contribution in [3.05, 3.63) is 11.6 Å². The quantitative estimate of drug-likeness (QED) is 0.552. The number of rotatable bonds is 4. The second kappa shape index (κ2) is 4.96. The van der Waals surface area contributed by atoms with Crippen molar-refractivity contribution in [2.45, 2.75) is 72.8 Å². The maximum Gasteiger partial charge on any atom is 0.303 e. The van der Waals surface area contributed by atoms with Crippen molar-refractivity contribution in [3.8, 4) is 0 Å². The van der Waals surface area contributed by atoms with Gasteiger partial charge in [-0.15, -0.1) is 0 Å². The van der Waals surface area contributed by atoms with Crippen LogP contribution in [0.2, 0.25) is 0 Å². The maximum atomic E-state index is 11.2. The van der Waals surface area contributed by atoms with Crippen LogP contribution in [-0.2, 0) is 9.53 Å². The molecule has 2 nitrogen and oxygen atoms in total. The van der Waals surface area contributed by atoms with E-state index in [9.17, 15) is 4.79 Å². The fraction of sp³-hybridized carbons (Fsp3) is 0.824. The minimum Gasteiger partial charge on any atom is -0.458 e. The molecule has 0 amide bonds. The first kappa shape index (κ1) is 14.6. The first-order valence-corrected chi connectivity index (χ1v) is 7.69. The molecule has 19 heavy (non-hydrogen) atoms. The Bertz CT molecular complexity index is 394. The molecule has 3 atom stereocenters. The van der Waals surface area contributed by atoms with Crippen molar-refractivity contribution in [2.75, 3.05) is 0 Å². The lowest BCUT2D eigenvalue weighted by molar-refractivity contribution is -0.144. The second-order valence-corrected chi connectivity index (χ2v) is 7.12. The normalized spacial score (nSPS) is 35.6. The lowest BCUT2D eigenvalue weighted by Crippen LogP contribution is -2.28. The van der Waals surface area contributed by atoms with Gasteiger partial charge in [0.1, 0.15) is 6.10 Å². The summed E-state index contributed by atoms with van der Waals surface area (Å²) < 4.78 is 5.46. The van der Waals surface area contributed by atoms with Gasteiger partial charge < -0.3 is 4.74 Å². The van der Waals surface area contributed by atoms with Crippen LogP contribution in [0, 0.1) is 16.7 Å². The smallest absolute Gasteiger partial charge is 0.303 e. The fourth-order valence-electron chi connectivity index (χ4n) is 4.17. The number of hydrogen-bond acceptors (Lipinski definition) is 2. The van der Waals surface area contributed by atoms with Crippen LogP contribution < -0.4 is 0 Å². The Morgan fingerprint density at radius 2 is 2.16 bits per heavy atom. The average molecular weight is 264 g/mol. The molecule has 2 aliphatic rings. The summed E-state index contributed by atoms with van der Waals surface area (Å²) in [6.07, 6.45) is 8.07. The van der Waals surface area contributed by atoms with E-state index >= 15 is 0 Å². The van der Waals surface area contributed by atoms with Gasteiger partial charge in [0.25, 0.3) is 0 Å². The van der Waals surface area contributed by atoms with Crippen molar-refractivity contribution in [1.82, 2.24) is 0 Å². The van der Waals surface area contributed by atoms with Crippen LogP contribution in [0.15, 0.2) is 11.6 Å². The van der Waals surface area contributed by atoms with Crippen molar-refractivity contribution in [3.63, 3.8) is 0 Å². The molecule has 0 aromatic rings. The van der Waals surface area contributed by atoms with Gasteiger partial charge in [-0.3, -0.25) is 4.79 Å². The van der Waals surface area contributed by atoms with E-state index in [0.717, 1.165) is 18.8 Å². The molecule has 2 heteroatoms. The van der Waals surface area contributed by atoms with Crippen LogP contribution in [0.3, 0.4) is 0 Å². The molecule has 0 saturated heterocycles. The van der Waals surface area contributed by atoms with Gasteiger partial charge in [-0.25, -0.2) is 0 Å². The van der Waals surface area contributed by atoms with E-state index in [-0.39, 0.29) is 12.1 Å². The zero-order valence-electron chi connectivity index (χ0n) is 13.1. The zero-order chi connectivity index (χ0) is 14.3. The van der Waals surface area contributed by atoms with E-state index < -0.39 is 0 Å². The molecule has 0 aromatic heterocycles. The van der Waals surface area contributed by atoms with Crippen molar-refractivity contribution >= 4 is 5.97 Å². The standard InChI is InChI=1S/C17H28O2/c1-6-7-15(19-12(2)18)11-14-10-13-8-9-17(14,5)16(13,3)4/h11,13,15H,6-10H2,1-5H3/b14-11+/t13-,15-,17+/m1/s1. The molecule has 2 rings (SSSR count). The Morgan fingerprint density at radius 3 is 2.58 bits per heavy atom. The molecule has 2 bridgehead atoms. The van der Waals surface area contributed by atoms with E-state index in [4.69, 9.17) is 4.74 Å². The lowest BCUT2D eigenvalue weighted by atomic mass is 9.69. The molecule has 0 N–H and O–H groups in total. The molecule has 0 aromatic carbocycles. The van der Waals surface area contributed by atoms with E-state index in [1.807, 2.05) is 0 Å². The Hall–Kier alpha value is -0.790. The maximum absolute atomic E-state index is 11.2.